The van der Waals surface area contributed by atoms with E-state index in [0.717, 1.165) is 12.0 Å². The molecule has 0 aliphatic heterocycles. The molecule has 0 heterocycles. The first kappa shape index (κ1) is 17.9. The maximum Gasteiger partial charge on any atom is 0.238 e. The maximum atomic E-state index is 12.1. The topological polar surface area (TPSA) is 89.3 Å². The number of carbonyl (C=O) groups excluding carboxylic acids is 1. The molecule has 0 radical (unpaired) electrons. The number of rotatable bonds is 6. The number of amides is 1. The Morgan fingerprint density at radius 3 is 2.39 bits per heavy atom. The molecule has 23 heavy (non-hydrogen) atoms. The number of nitrogens with two attached hydrogens (primary N) is 1. The van der Waals surface area contributed by atoms with E-state index in [9.17, 15) is 13.2 Å². The maximum absolute atomic E-state index is 12.1. The van der Waals surface area contributed by atoms with E-state index in [1.54, 1.807) is 12.1 Å². The van der Waals surface area contributed by atoms with E-state index in [2.05, 4.69) is 5.32 Å². The number of hydrogen-bond donors (Lipinski definition) is 2. The van der Waals surface area contributed by atoms with E-state index in [0.29, 0.717) is 12.3 Å². The third kappa shape index (κ3) is 5.62. The lowest BCUT2D eigenvalue weighted by molar-refractivity contribution is -0.122. The summed E-state index contributed by atoms with van der Waals surface area (Å²) in [7, 11) is -3.68. The van der Waals surface area contributed by atoms with Gasteiger partial charge < -0.3 is 5.32 Å². The van der Waals surface area contributed by atoms with Crippen LogP contribution < -0.4 is 10.5 Å². The summed E-state index contributed by atoms with van der Waals surface area (Å²) in [6, 6.07) is 6.16. The molecule has 0 spiro atoms. The highest BCUT2D eigenvalue weighted by molar-refractivity contribution is 7.89. The molecule has 1 amide bonds. The van der Waals surface area contributed by atoms with Gasteiger partial charge in [-0.2, -0.15) is 0 Å². The average Bonchev–Trinajstić information content (AvgIpc) is 2.53. The van der Waals surface area contributed by atoms with Crippen LogP contribution in [0.25, 0.3) is 0 Å². The number of primary sulfonamides is 1. The summed E-state index contributed by atoms with van der Waals surface area (Å²) in [5.74, 6) is 0.748. The fraction of sp³-hybridized carbons (Fsp3) is 0.588. The van der Waals surface area contributed by atoms with Crippen LogP contribution in [0.1, 0.15) is 63.5 Å². The molecule has 1 aliphatic rings. The number of nitrogens with one attached hydrogen (secondary N) is 1. The minimum absolute atomic E-state index is 0.0543. The summed E-state index contributed by atoms with van der Waals surface area (Å²) in [5.41, 5.74) is 0.864. The molecular formula is C17H26N2O3S. The number of hydrogen-bond acceptors (Lipinski definition) is 3. The van der Waals surface area contributed by atoms with Crippen molar-refractivity contribution in [1.29, 1.82) is 0 Å². The predicted octanol–water partition coefficient (Wildman–Crippen LogP) is 2.87. The molecule has 3 N–H and O–H groups in total. The average molecular weight is 338 g/mol. The second-order valence-corrected chi connectivity index (χ2v) is 8.01. The Morgan fingerprint density at radius 1 is 1.22 bits per heavy atom. The molecule has 1 unspecified atom stereocenters. The highest BCUT2D eigenvalue weighted by Gasteiger charge is 2.16. The van der Waals surface area contributed by atoms with Gasteiger partial charge in [-0.25, -0.2) is 13.6 Å². The molecule has 5 nitrogen and oxygen atoms in total. The molecule has 1 aromatic rings. The van der Waals surface area contributed by atoms with Gasteiger partial charge in [-0.1, -0.05) is 44.2 Å². The molecule has 1 aromatic carbocycles. The summed E-state index contributed by atoms with van der Waals surface area (Å²) in [4.78, 5) is 12.1. The summed E-state index contributed by atoms with van der Waals surface area (Å²) in [6.07, 6.45) is 7.93. The van der Waals surface area contributed by atoms with Crippen molar-refractivity contribution in [2.75, 3.05) is 0 Å². The summed E-state index contributed by atoms with van der Waals surface area (Å²) >= 11 is 0. The highest BCUT2D eigenvalue weighted by Crippen LogP contribution is 2.27. The molecule has 1 atom stereocenters. The molecular weight excluding hydrogens is 312 g/mol. The lowest BCUT2D eigenvalue weighted by Crippen LogP contribution is -2.27. The SMILES string of the molecule is CC(NC(=O)CCC1CCCCC1)c1ccc(S(N)(=O)=O)cc1. The first-order valence-electron chi connectivity index (χ1n) is 8.28. The van der Waals surface area contributed by atoms with Gasteiger partial charge in [0.05, 0.1) is 10.9 Å². The Labute approximate surface area is 138 Å². The van der Waals surface area contributed by atoms with Crippen molar-refractivity contribution in [2.45, 2.75) is 62.8 Å². The summed E-state index contributed by atoms with van der Waals surface area (Å²) < 4.78 is 22.5. The highest BCUT2D eigenvalue weighted by atomic mass is 32.2. The van der Waals surface area contributed by atoms with Gasteiger partial charge in [-0.15, -0.1) is 0 Å². The third-order valence-corrected chi connectivity index (χ3v) is 5.52. The molecule has 0 aromatic heterocycles. The van der Waals surface area contributed by atoms with Crippen LogP contribution in [0.15, 0.2) is 29.2 Å². The Morgan fingerprint density at radius 2 is 1.83 bits per heavy atom. The number of carbonyl (C=O) groups is 1. The fourth-order valence-electron chi connectivity index (χ4n) is 3.15. The zero-order valence-corrected chi connectivity index (χ0v) is 14.4. The van der Waals surface area contributed by atoms with Crippen molar-refractivity contribution in [1.82, 2.24) is 5.32 Å². The van der Waals surface area contributed by atoms with E-state index >= 15 is 0 Å². The summed E-state index contributed by atoms with van der Waals surface area (Å²) in [5, 5.41) is 8.05. The molecule has 0 saturated heterocycles. The fourth-order valence-corrected chi connectivity index (χ4v) is 3.67. The van der Waals surface area contributed by atoms with Gasteiger partial charge in [0, 0.05) is 6.42 Å². The van der Waals surface area contributed by atoms with Gasteiger partial charge in [-0.3, -0.25) is 4.79 Å². The van der Waals surface area contributed by atoms with Crippen LogP contribution in [0, 0.1) is 5.92 Å². The zero-order valence-electron chi connectivity index (χ0n) is 13.6. The van der Waals surface area contributed by atoms with Crippen molar-refractivity contribution in [3.63, 3.8) is 0 Å². The van der Waals surface area contributed by atoms with Gasteiger partial charge >= 0.3 is 0 Å². The lowest BCUT2D eigenvalue weighted by Gasteiger charge is -2.21. The number of sulfonamides is 1. The molecule has 6 heteroatoms. The van der Waals surface area contributed by atoms with Crippen LogP contribution in [0.2, 0.25) is 0 Å². The first-order valence-corrected chi connectivity index (χ1v) is 9.83. The minimum atomic E-state index is -3.68. The van der Waals surface area contributed by atoms with Crippen LogP contribution in [-0.4, -0.2) is 14.3 Å². The quantitative estimate of drug-likeness (QED) is 0.836. The molecule has 0 bridgehead atoms. The second kappa shape index (κ2) is 7.93. The van der Waals surface area contributed by atoms with Crippen molar-refractivity contribution in [3.8, 4) is 0 Å². The molecule has 1 fully saturated rings. The third-order valence-electron chi connectivity index (χ3n) is 4.59. The lowest BCUT2D eigenvalue weighted by atomic mass is 9.86. The Balaban J connectivity index is 1.83. The standard InChI is InChI=1S/C17H26N2O3S/c1-13(15-8-10-16(11-9-15)23(18,21)22)19-17(20)12-7-14-5-3-2-4-6-14/h8-11,13-14H,2-7,12H2,1H3,(H,19,20)(H2,18,21,22). The summed E-state index contributed by atoms with van der Waals surface area (Å²) in [6.45, 7) is 1.89. The van der Waals surface area contributed by atoms with Crippen LogP contribution in [0.3, 0.4) is 0 Å². The second-order valence-electron chi connectivity index (χ2n) is 6.45. The van der Waals surface area contributed by atoms with Gasteiger partial charge in [0.1, 0.15) is 0 Å². The van der Waals surface area contributed by atoms with Crippen LogP contribution in [-0.2, 0) is 14.8 Å². The van der Waals surface area contributed by atoms with Gasteiger partial charge in [-0.05, 0) is 37.0 Å². The van der Waals surface area contributed by atoms with Crippen LogP contribution >= 0.6 is 0 Å². The van der Waals surface area contributed by atoms with Gasteiger partial charge in [0.2, 0.25) is 15.9 Å². The largest absolute Gasteiger partial charge is 0.350 e. The Bertz CT molecular complexity index is 620. The first-order chi connectivity index (χ1) is 10.9. The predicted molar refractivity (Wildman–Crippen MR) is 90.2 cm³/mol. The smallest absolute Gasteiger partial charge is 0.238 e. The normalized spacial score (nSPS) is 17.7. The monoisotopic (exact) mass is 338 g/mol. The van der Waals surface area contributed by atoms with Crippen LogP contribution in [0.4, 0.5) is 0 Å². The molecule has 128 valence electrons. The van der Waals surface area contributed by atoms with Crippen molar-refractivity contribution < 1.29 is 13.2 Å². The van der Waals surface area contributed by atoms with Crippen molar-refractivity contribution in [2.24, 2.45) is 11.1 Å². The van der Waals surface area contributed by atoms with Crippen molar-refractivity contribution in [3.05, 3.63) is 29.8 Å². The zero-order chi connectivity index (χ0) is 16.9. The van der Waals surface area contributed by atoms with E-state index in [1.807, 2.05) is 6.92 Å². The van der Waals surface area contributed by atoms with E-state index in [1.165, 1.54) is 44.2 Å². The Hall–Kier alpha value is -1.40. The number of benzene rings is 1. The Kier molecular flexibility index (Phi) is 6.18. The van der Waals surface area contributed by atoms with E-state index < -0.39 is 10.0 Å². The van der Waals surface area contributed by atoms with E-state index in [-0.39, 0.29) is 16.8 Å². The van der Waals surface area contributed by atoms with E-state index in [4.69, 9.17) is 5.14 Å². The minimum Gasteiger partial charge on any atom is -0.350 e. The van der Waals surface area contributed by atoms with Crippen molar-refractivity contribution >= 4 is 15.9 Å². The van der Waals surface area contributed by atoms with Gasteiger partial charge in [0.15, 0.2) is 0 Å². The molecule has 2 rings (SSSR count). The molecule has 1 aliphatic carbocycles. The van der Waals surface area contributed by atoms with Crippen LogP contribution in [0.5, 0.6) is 0 Å². The van der Waals surface area contributed by atoms with Gasteiger partial charge in [0.25, 0.3) is 0 Å². The molecule has 1 saturated carbocycles.